The molecule has 9 nitrogen and oxygen atoms in total. The van der Waals surface area contributed by atoms with Crippen LogP contribution in [0.5, 0.6) is 0 Å². The van der Waals surface area contributed by atoms with Crippen LogP contribution in [0.1, 0.15) is 58.2 Å². The zero-order valence-corrected chi connectivity index (χ0v) is 24.9. The molecule has 0 spiro atoms. The minimum Gasteiger partial charge on any atom is -0.463 e. The predicted molar refractivity (Wildman–Crippen MR) is 153 cm³/mol. The van der Waals surface area contributed by atoms with Crippen molar-refractivity contribution in [1.29, 1.82) is 0 Å². The number of rotatable bonds is 11. The minimum atomic E-state index is -1.89. The number of ether oxygens (including phenoxy) is 3. The summed E-state index contributed by atoms with van der Waals surface area (Å²) in [6, 6.07) is 9.08. The van der Waals surface area contributed by atoms with Gasteiger partial charge in [-0.3, -0.25) is 9.36 Å². The third kappa shape index (κ3) is 6.14. The lowest BCUT2D eigenvalue weighted by Crippen LogP contribution is -2.52. The molecule has 0 bridgehead atoms. The predicted octanol–water partition coefficient (Wildman–Crippen LogP) is 5.54. The Hall–Kier alpha value is -2.60. The summed E-state index contributed by atoms with van der Waals surface area (Å²) in [6.45, 7) is 4.54. The van der Waals surface area contributed by atoms with E-state index in [1.807, 2.05) is 18.2 Å². The van der Waals surface area contributed by atoms with Gasteiger partial charge in [-0.05, 0) is 43.9 Å². The van der Waals surface area contributed by atoms with Crippen molar-refractivity contribution in [2.24, 2.45) is 5.92 Å². The third-order valence-corrected chi connectivity index (χ3v) is 9.34. The van der Waals surface area contributed by atoms with E-state index in [0.717, 1.165) is 18.4 Å². The molecule has 1 aliphatic heterocycles. The van der Waals surface area contributed by atoms with Crippen LogP contribution in [0.15, 0.2) is 41.7 Å². The zero-order chi connectivity index (χ0) is 29.1. The van der Waals surface area contributed by atoms with Gasteiger partial charge in [-0.2, -0.15) is 4.98 Å². The van der Waals surface area contributed by atoms with Crippen molar-refractivity contribution in [1.82, 2.24) is 19.5 Å². The first-order valence-electron chi connectivity index (χ1n) is 14.0. The van der Waals surface area contributed by atoms with E-state index in [0.29, 0.717) is 21.4 Å². The number of nitrogens with zero attached hydrogens (tertiary/aromatic N) is 4. The first kappa shape index (κ1) is 29.9. The van der Waals surface area contributed by atoms with E-state index in [4.69, 9.17) is 25.8 Å². The Morgan fingerprint density at radius 3 is 2.63 bits per heavy atom. The standard InChI is InChI=1S/C29H34ClFN4O5S/c1-4-38-27(37)29(18(3)36,14-19-10-6-5-7-11-19)39-15-21-17(2)22(31)26(40-21)35-16-32-23-24(35)33-28(30)34-25(23)41-20-12-8-9-13-20/h5-7,10-11,16-17,20-22,26H,4,8-9,12-15H2,1-3H3/t17-,21-,22+,26-,29?/m1/s1. The van der Waals surface area contributed by atoms with Gasteiger partial charge < -0.3 is 14.2 Å². The van der Waals surface area contributed by atoms with Crippen LogP contribution in [0.4, 0.5) is 4.39 Å². The molecule has 3 heterocycles. The molecule has 1 aromatic carbocycles. The fourth-order valence-corrected chi connectivity index (χ4v) is 6.95. The van der Waals surface area contributed by atoms with Crippen molar-refractivity contribution in [2.45, 2.75) is 87.3 Å². The summed E-state index contributed by atoms with van der Waals surface area (Å²) in [5.74, 6) is -1.90. The maximum absolute atomic E-state index is 15.8. The molecule has 41 heavy (non-hydrogen) atoms. The summed E-state index contributed by atoms with van der Waals surface area (Å²) >= 11 is 7.91. The molecule has 2 fully saturated rings. The number of hydrogen-bond acceptors (Lipinski definition) is 9. The number of benzene rings is 1. The van der Waals surface area contributed by atoms with Crippen LogP contribution in [0, 0.1) is 5.92 Å². The Bertz CT molecular complexity index is 1390. The van der Waals surface area contributed by atoms with Crippen LogP contribution in [0.3, 0.4) is 0 Å². The van der Waals surface area contributed by atoms with E-state index in [1.165, 1.54) is 30.7 Å². The molecule has 220 valence electrons. The van der Waals surface area contributed by atoms with Crippen molar-refractivity contribution in [3.63, 3.8) is 0 Å². The van der Waals surface area contributed by atoms with E-state index < -0.39 is 41.8 Å². The first-order valence-corrected chi connectivity index (χ1v) is 15.2. The molecule has 5 atom stereocenters. The normalized spacial score (nSPS) is 24.5. The number of esters is 1. The molecule has 0 amide bonds. The second-order valence-corrected chi connectivity index (χ2v) is 12.2. The molecule has 0 radical (unpaired) electrons. The van der Waals surface area contributed by atoms with Crippen molar-refractivity contribution < 1.29 is 28.2 Å². The number of halogens is 2. The topological polar surface area (TPSA) is 105 Å². The van der Waals surface area contributed by atoms with Gasteiger partial charge in [0.1, 0.15) is 10.5 Å². The number of fused-ring (bicyclic) bond motifs is 1. The first-order chi connectivity index (χ1) is 19.7. The zero-order valence-electron chi connectivity index (χ0n) is 23.3. The summed E-state index contributed by atoms with van der Waals surface area (Å²) < 4.78 is 34.8. The molecule has 1 saturated heterocycles. The molecule has 1 aliphatic carbocycles. The monoisotopic (exact) mass is 604 g/mol. The fraction of sp³-hybridized carbons (Fsp3) is 0.552. The average molecular weight is 605 g/mol. The van der Waals surface area contributed by atoms with Crippen molar-refractivity contribution in [3.8, 4) is 0 Å². The van der Waals surface area contributed by atoms with Gasteiger partial charge in [0.15, 0.2) is 23.8 Å². The second-order valence-electron chi connectivity index (χ2n) is 10.6. The van der Waals surface area contributed by atoms with Gasteiger partial charge in [0.25, 0.3) is 0 Å². The summed E-state index contributed by atoms with van der Waals surface area (Å²) in [5, 5.41) is 1.17. The van der Waals surface area contributed by atoms with Crippen molar-refractivity contribution >= 4 is 46.3 Å². The lowest BCUT2D eigenvalue weighted by Gasteiger charge is -2.31. The van der Waals surface area contributed by atoms with Crippen molar-refractivity contribution in [3.05, 3.63) is 47.5 Å². The van der Waals surface area contributed by atoms with E-state index in [2.05, 4.69) is 15.0 Å². The maximum atomic E-state index is 15.8. The molecular weight excluding hydrogens is 571 g/mol. The third-order valence-electron chi connectivity index (χ3n) is 7.86. The fourth-order valence-electron chi connectivity index (χ4n) is 5.46. The van der Waals surface area contributed by atoms with E-state index in [1.54, 1.807) is 37.7 Å². The molecule has 5 rings (SSSR count). The molecular formula is C29H34ClFN4O5S. The number of hydrogen-bond donors (Lipinski definition) is 0. The van der Waals surface area contributed by atoms with Crippen LogP contribution in [-0.4, -0.2) is 67.6 Å². The molecule has 1 saturated carbocycles. The number of aromatic nitrogens is 4. The number of carbonyl (C=O) groups excluding carboxylic acids is 2. The number of carbonyl (C=O) groups is 2. The summed E-state index contributed by atoms with van der Waals surface area (Å²) in [7, 11) is 0. The van der Waals surface area contributed by atoms with Crippen LogP contribution in [-0.2, 0) is 30.2 Å². The summed E-state index contributed by atoms with van der Waals surface area (Å²) in [4.78, 5) is 39.3. The smallest absolute Gasteiger partial charge is 0.346 e. The number of ketones is 1. The highest BCUT2D eigenvalue weighted by atomic mass is 35.5. The van der Waals surface area contributed by atoms with E-state index in [-0.39, 0.29) is 24.9 Å². The Morgan fingerprint density at radius 2 is 1.95 bits per heavy atom. The summed E-state index contributed by atoms with van der Waals surface area (Å²) in [5.41, 5.74) is -0.222. The van der Waals surface area contributed by atoms with Gasteiger partial charge in [0.05, 0.1) is 25.6 Å². The second kappa shape index (κ2) is 12.7. The molecule has 1 unspecified atom stereocenters. The quantitative estimate of drug-likeness (QED) is 0.121. The van der Waals surface area contributed by atoms with Crippen molar-refractivity contribution in [2.75, 3.05) is 13.2 Å². The molecule has 12 heteroatoms. The van der Waals surface area contributed by atoms with Gasteiger partial charge in [0.2, 0.25) is 10.9 Å². The van der Waals surface area contributed by atoms with Gasteiger partial charge >= 0.3 is 5.97 Å². The average Bonchev–Trinajstić information content (AvgIpc) is 3.68. The van der Waals surface area contributed by atoms with Gasteiger partial charge in [-0.25, -0.2) is 19.2 Å². The number of alkyl halides is 1. The SMILES string of the molecule is CCOC(=O)C(Cc1ccccc1)(OC[C@H]1O[C@@H](n2cnc3c(SC4CCCC4)nc(Cl)nc32)[C@@H](F)[C@@H]1C)C(C)=O. The number of imidazole rings is 1. The minimum absolute atomic E-state index is 0.0192. The van der Waals surface area contributed by atoms with Crippen LogP contribution in [0.25, 0.3) is 11.2 Å². The number of Topliss-reactive ketones (excluding diaryl/α,β-unsaturated/α-hetero) is 1. The highest BCUT2D eigenvalue weighted by Crippen LogP contribution is 2.41. The van der Waals surface area contributed by atoms with Gasteiger partial charge in [-0.1, -0.05) is 50.1 Å². The largest absolute Gasteiger partial charge is 0.463 e. The maximum Gasteiger partial charge on any atom is 0.346 e. The Labute approximate surface area is 247 Å². The van der Waals surface area contributed by atoms with Gasteiger partial charge in [0, 0.05) is 17.6 Å². The lowest BCUT2D eigenvalue weighted by atomic mass is 9.90. The molecule has 2 aromatic heterocycles. The van der Waals surface area contributed by atoms with Crippen LogP contribution in [0.2, 0.25) is 5.28 Å². The molecule has 0 N–H and O–H groups in total. The van der Waals surface area contributed by atoms with Gasteiger partial charge in [-0.15, -0.1) is 11.8 Å². The summed E-state index contributed by atoms with van der Waals surface area (Å²) in [6.07, 6.45) is 2.78. The lowest BCUT2D eigenvalue weighted by molar-refractivity contribution is -0.182. The van der Waals surface area contributed by atoms with Crippen LogP contribution < -0.4 is 0 Å². The highest BCUT2D eigenvalue weighted by Gasteiger charge is 2.50. The highest BCUT2D eigenvalue weighted by molar-refractivity contribution is 8.00. The van der Waals surface area contributed by atoms with Crippen LogP contribution >= 0.6 is 23.4 Å². The van der Waals surface area contributed by atoms with E-state index in [9.17, 15) is 9.59 Å². The Morgan fingerprint density at radius 1 is 1.22 bits per heavy atom. The Kier molecular flexibility index (Phi) is 9.27. The molecule has 3 aromatic rings. The number of thioether (sulfide) groups is 1. The van der Waals surface area contributed by atoms with E-state index >= 15 is 4.39 Å². The Balaban J connectivity index is 1.38. The molecule has 2 aliphatic rings.